The molecule has 7 heteroatoms. The van der Waals surface area contributed by atoms with Gasteiger partial charge in [0.15, 0.2) is 0 Å². The lowest BCUT2D eigenvalue weighted by molar-refractivity contribution is 0.403. The standard InChI is InChI=1S/C12H14N2O3S2/c15-19(16,14-10-5-6-18-8-10)12-4-3-11(17-12)7-13-9-1-2-9/h3-6,8-9,13-14H,1-2,7H2. The number of nitrogens with one attached hydrogen (secondary N) is 2. The molecule has 2 aromatic heterocycles. The van der Waals surface area contributed by atoms with Gasteiger partial charge in [-0.05, 0) is 36.4 Å². The second kappa shape index (κ2) is 4.99. The highest BCUT2D eigenvalue weighted by Crippen LogP contribution is 2.22. The maximum Gasteiger partial charge on any atom is 0.295 e. The molecule has 2 heterocycles. The first-order chi connectivity index (χ1) is 9.13. The number of thiophene rings is 1. The molecule has 0 aromatic carbocycles. The Bertz CT molecular complexity index is 642. The highest BCUT2D eigenvalue weighted by molar-refractivity contribution is 7.92. The summed E-state index contributed by atoms with van der Waals surface area (Å²) in [7, 11) is -3.62. The molecule has 0 radical (unpaired) electrons. The van der Waals surface area contributed by atoms with Crippen LogP contribution < -0.4 is 10.0 Å². The van der Waals surface area contributed by atoms with Gasteiger partial charge in [0.05, 0.1) is 12.2 Å². The van der Waals surface area contributed by atoms with Gasteiger partial charge in [-0.3, -0.25) is 4.72 Å². The molecule has 0 atom stereocenters. The van der Waals surface area contributed by atoms with Crippen LogP contribution in [0.5, 0.6) is 0 Å². The van der Waals surface area contributed by atoms with Crippen LogP contribution in [-0.2, 0) is 16.6 Å². The zero-order valence-electron chi connectivity index (χ0n) is 10.1. The number of rotatable bonds is 6. The molecule has 0 amide bonds. The van der Waals surface area contributed by atoms with E-state index >= 15 is 0 Å². The fourth-order valence-electron chi connectivity index (χ4n) is 1.66. The summed E-state index contributed by atoms with van der Waals surface area (Å²) in [6.45, 7) is 0.568. The smallest absolute Gasteiger partial charge is 0.295 e. The van der Waals surface area contributed by atoms with Crippen molar-refractivity contribution in [2.75, 3.05) is 4.72 Å². The van der Waals surface area contributed by atoms with E-state index in [4.69, 9.17) is 4.42 Å². The van der Waals surface area contributed by atoms with Crippen molar-refractivity contribution in [3.05, 3.63) is 34.7 Å². The molecule has 1 fully saturated rings. The summed E-state index contributed by atoms with van der Waals surface area (Å²) in [6.07, 6.45) is 2.37. The Labute approximate surface area is 115 Å². The number of hydrogen-bond acceptors (Lipinski definition) is 5. The monoisotopic (exact) mass is 298 g/mol. The second-order valence-electron chi connectivity index (χ2n) is 4.49. The maximum atomic E-state index is 12.0. The first kappa shape index (κ1) is 12.7. The van der Waals surface area contributed by atoms with E-state index in [-0.39, 0.29) is 5.09 Å². The van der Waals surface area contributed by atoms with Gasteiger partial charge in [-0.2, -0.15) is 19.8 Å². The molecule has 0 bridgehead atoms. The summed E-state index contributed by atoms with van der Waals surface area (Å²) in [5, 5.41) is 6.77. The molecule has 2 N–H and O–H groups in total. The van der Waals surface area contributed by atoms with E-state index in [9.17, 15) is 8.42 Å². The Kier molecular flexibility index (Phi) is 3.34. The lowest BCUT2D eigenvalue weighted by atomic mass is 10.4. The van der Waals surface area contributed by atoms with Crippen molar-refractivity contribution < 1.29 is 12.8 Å². The van der Waals surface area contributed by atoms with Gasteiger partial charge in [0.25, 0.3) is 10.0 Å². The predicted molar refractivity (Wildman–Crippen MR) is 73.7 cm³/mol. The van der Waals surface area contributed by atoms with Crippen molar-refractivity contribution in [3.63, 3.8) is 0 Å². The minimum Gasteiger partial charge on any atom is -0.446 e. The van der Waals surface area contributed by atoms with Gasteiger partial charge < -0.3 is 9.73 Å². The summed E-state index contributed by atoms with van der Waals surface area (Å²) in [5.74, 6) is 0.637. The van der Waals surface area contributed by atoms with Crippen LogP contribution in [0.25, 0.3) is 0 Å². The Morgan fingerprint density at radius 2 is 2.16 bits per heavy atom. The van der Waals surface area contributed by atoms with E-state index in [1.54, 1.807) is 17.5 Å². The Morgan fingerprint density at radius 1 is 1.32 bits per heavy atom. The molecule has 1 aliphatic rings. The molecular weight excluding hydrogens is 284 g/mol. The zero-order chi connectivity index (χ0) is 13.3. The molecular formula is C12H14N2O3S2. The van der Waals surface area contributed by atoms with Crippen LogP contribution in [0.3, 0.4) is 0 Å². The molecule has 102 valence electrons. The summed E-state index contributed by atoms with van der Waals surface area (Å²) >= 11 is 1.43. The molecule has 2 aromatic rings. The van der Waals surface area contributed by atoms with E-state index in [0.717, 1.165) is 0 Å². The van der Waals surface area contributed by atoms with Crippen LogP contribution >= 0.6 is 11.3 Å². The summed E-state index contributed by atoms with van der Waals surface area (Å²) in [4.78, 5) is 0. The summed E-state index contributed by atoms with van der Waals surface area (Å²) < 4.78 is 31.9. The van der Waals surface area contributed by atoms with Gasteiger partial charge in [0.1, 0.15) is 5.76 Å². The third-order valence-corrected chi connectivity index (χ3v) is 4.75. The third-order valence-electron chi connectivity index (χ3n) is 2.82. The molecule has 1 saturated carbocycles. The fourth-order valence-corrected chi connectivity index (χ4v) is 3.32. The van der Waals surface area contributed by atoms with Crippen molar-refractivity contribution in [3.8, 4) is 0 Å². The normalized spacial score (nSPS) is 15.6. The lowest BCUT2D eigenvalue weighted by Gasteiger charge is -2.03. The van der Waals surface area contributed by atoms with Crippen LogP contribution in [0.1, 0.15) is 18.6 Å². The van der Waals surface area contributed by atoms with Gasteiger partial charge in [-0.1, -0.05) is 0 Å². The van der Waals surface area contributed by atoms with E-state index in [2.05, 4.69) is 10.0 Å². The molecule has 5 nitrogen and oxygen atoms in total. The number of anilines is 1. The molecule has 0 unspecified atom stereocenters. The van der Waals surface area contributed by atoms with E-state index in [1.807, 2.05) is 5.38 Å². The molecule has 19 heavy (non-hydrogen) atoms. The van der Waals surface area contributed by atoms with Crippen LogP contribution in [-0.4, -0.2) is 14.5 Å². The quantitative estimate of drug-likeness (QED) is 0.859. The van der Waals surface area contributed by atoms with Gasteiger partial charge in [-0.25, -0.2) is 0 Å². The summed E-state index contributed by atoms with van der Waals surface area (Å²) in [5.41, 5.74) is 0.555. The SMILES string of the molecule is O=S(=O)(Nc1ccsc1)c1ccc(CNC2CC2)o1. The highest BCUT2D eigenvalue weighted by Gasteiger charge is 2.22. The van der Waals surface area contributed by atoms with Gasteiger partial charge in [0.2, 0.25) is 5.09 Å². The molecule has 0 aliphatic heterocycles. The maximum absolute atomic E-state index is 12.0. The van der Waals surface area contributed by atoms with Crippen LogP contribution in [0, 0.1) is 0 Å². The fraction of sp³-hybridized carbons (Fsp3) is 0.333. The average molecular weight is 298 g/mol. The van der Waals surface area contributed by atoms with E-state index in [1.165, 1.54) is 30.2 Å². The topological polar surface area (TPSA) is 71.3 Å². The number of furan rings is 1. The predicted octanol–water partition coefficient (Wildman–Crippen LogP) is 2.39. The first-order valence-electron chi connectivity index (χ1n) is 6.00. The minimum absolute atomic E-state index is 0.0497. The van der Waals surface area contributed by atoms with Crippen molar-refractivity contribution in [1.82, 2.24) is 5.32 Å². The third kappa shape index (κ3) is 3.17. The number of hydrogen-bond donors (Lipinski definition) is 2. The van der Waals surface area contributed by atoms with Gasteiger partial charge >= 0.3 is 0 Å². The molecule has 0 saturated heterocycles. The van der Waals surface area contributed by atoms with Crippen molar-refractivity contribution in [2.45, 2.75) is 30.5 Å². The zero-order valence-corrected chi connectivity index (χ0v) is 11.8. The molecule has 3 rings (SSSR count). The Morgan fingerprint density at radius 3 is 2.84 bits per heavy atom. The second-order valence-corrected chi connectivity index (χ2v) is 6.89. The van der Waals surface area contributed by atoms with Crippen molar-refractivity contribution >= 4 is 27.0 Å². The van der Waals surface area contributed by atoms with Crippen LogP contribution in [0.4, 0.5) is 5.69 Å². The Hall–Kier alpha value is -1.31. The van der Waals surface area contributed by atoms with E-state index in [0.29, 0.717) is 24.0 Å². The average Bonchev–Trinajstić information content (AvgIpc) is 2.87. The first-order valence-corrected chi connectivity index (χ1v) is 8.43. The molecule has 0 spiro atoms. The summed E-state index contributed by atoms with van der Waals surface area (Å²) in [6, 6.07) is 5.45. The highest BCUT2D eigenvalue weighted by atomic mass is 32.2. The van der Waals surface area contributed by atoms with E-state index < -0.39 is 10.0 Å². The van der Waals surface area contributed by atoms with Crippen molar-refractivity contribution in [2.24, 2.45) is 0 Å². The molecule has 1 aliphatic carbocycles. The van der Waals surface area contributed by atoms with Crippen LogP contribution in [0.2, 0.25) is 0 Å². The number of sulfonamides is 1. The lowest BCUT2D eigenvalue weighted by Crippen LogP contribution is -2.15. The van der Waals surface area contributed by atoms with Gasteiger partial charge in [0, 0.05) is 11.4 Å². The Balaban J connectivity index is 1.69. The van der Waals surface area contributed by atoms with Crippen molar-refractivity contribution in [1.29, 1.82) is 0 Å². The largest absolute Gasteiger partial charge is 0.446 e. The van der Waals surface area contributed by atoms with Crippen LogP contribution in [0.15, 0.2) is 38.5 Å². The minimum atomic E-state index is -3.62. The van der Waals surface area contributed by atoms with Gasteiger partial charge in [-0.15, -0.1) is 0 Å².